The highest BCUT2D eigenvalue weighted by Crippen LogP contribution is 2.33. The third-order valence-electron chi connectivity index (χ3n) is 2.82. The lowest BCUT2D eigenvalue weighted by Gasteiger charge is -2.05. The number of hydrogen-bond acceptors (Lipinski definition) is 3. The standard InChI is InChI=1S/C16H9Cl2FN2O2/c17-13-6-9(7-14(18)15(13)22)5-10(8-20)16(23)21-12-3-1-11(19)2-4-12/h1-7,22H,(H,21,23)/b10-5+. The highest BCUT2D eigenvalue weighted by atomic mass is 35.5. The fraction of sp³-hybridized carbons (Fsp3) is 0. The molecule has 1 amide bonds. The first kappa shape index (κ1) is 16.8. The molecule has 0 radical (unpaired) electrons. The van der Waals surface area contributed by atoms with Crippen LogP contribution in [0.4, 0.5) is 10.1 Å². The van der Waals surface area contributed by atoms with Gasteiger partial charge >= 0.3 is 0 Å². The SMILES string of the molecule is N#C/C(=C\c1cc(Cl)c(O)c(Cl)c1)C(=O)Nc1ccc(F)cc1. The molecule has 23 heavy (non-hydrogen) atoms. The zero-order chi connectivity index (χ0) is 17.0. The molecule has 2 N–H and O–H groups in total. The van der Waals surface area contributed by atoms with Gasteiger partial charge in [0.2, 0.25) is 0 Å². The molecule has 0 bridgehead atoms. The van der Waals surface area contributed by atoms with Gasteiger partial charge in [0.05, 0.1) is 10.0 Å². The van der Waals surface area contributed by atoms with Gasteiger partial charge < -0.3 is 10.4 Å². The van der Waals surface area contributed by atoms with E-state index in [4.69, 9.17) is 28.5 Å². The first-order chi connectivity index (χ1) is 10.9. The zero-order valence-electron chi connectivity index (χ0n) is 11.5. The van der Waals surface area contributed by atoms with Crippen LogP contribution in [0, 0.1) is 17.1 Å². The quantitative estimate of drug-likeness (QED) is 0.637. The number of halogens is 3. The number of phenols is 1. The molecule has 0 unspecified atom stereocenters. The van der Waals surface area contributed by atoms with E-state index >= 15 is 0 Å². The van der Waals surface area contributed by atoms with Crippen molar-refractivity contribution < 1.29 is 14.3 Å². The van der Waals surface area contributed by atoms with Crippen LogP contribution in [0.1, 0.15) is 5.56 Å². The lowest BCUT2D eigenvalue weighted by Crippen LogP contribution is -2.13. The third kappa shape index (κ3) is 4.22. The molecule has 0 heterocycles. The molecule has 2 aromatic rings. The Kier molecular flexibility index (Phi) is 5.22. The molecule has 116 valence electrons. The van der Waals surface area contributed by atoms with Gasteiger partial charge in [0.15, 0.2) is 5.75 Å². The smallest absolute Gasteiger partial charge is 0.266 e. The van der Waals surface area contributed by atoms with Crippen LogP contribution in [0.5, 0.6) is 5.75 Å². The number of benzene rings is 2. The van der Waals surface area contributed by atoms with Crippen molar-refractivity contribution in [1.29, 1.82) is 5.26 Å². The van der Waals surface area contributed by atoms with Crippen molar-refractivity contribution >= 4 is 40.9 Å². The van der Waals surface area contributed by atoms with Crippen molar-refractivity contribution in [2.24, 2.45) is 0 Å². The Morgan fingerprint density at radius 3 is 2.30 bits per heavy atom. The minimum Gasteiger partial charge on any atom is -0.505 e. The predicted molar refractivity (Wildman–Crippen MR) is 86.7 cm³/mol. The number of hydrogen-bond donors (Lipinski definition) is 2. The average molecular weight is 351 g/mol. The second-order valence-electron chi connectivity index (χ2n) is 4.46. The van der Waals surface area contributed by atoms with Crippen LogP contribution in [0.2, 0.25) is 10.0 Å². The molecule has 0 aliphatic carbocycles. The Bertz CT molecular complexity index is 804. The molecule has 7 heteroatoms. The highest BCUT2D eigenvalue weighted by Gasteiger charge is 2.11. The largest absolute Gasteiger partial charge is 0.505 e. The van der Waals surface area contributed by atoms with Gasteiger partial charge in [-0.2, -0.15) is 5.26 Å². The molecule has 0 aromatic heterocycles. The van der Waals surface area contributed by atoms with E-state index in [0.717, 1.165) is 0 Å². The van der Waals surface area contributed by atoms with Crippen molar-refractivity contribution in [1.82, 2.24) is 0 Å². The summed E-state index contributed by atoms with van der Waals surface area (Å²) in [5.41, 5.74) is 0.523. The Hall–Kier alpha value is -2.55. The number of phenolic OH excluding ortho intramolecular Hbond substituents is 1. The molecule has 0 aliphatic rings. The molecular formula is C16H9Cl2FN2O2. The Morgan fingerprint density at radius 2 is 1.78 bits per heavy atom. The summed E-state index contributed by atoms with van der Waals surface area (Å²) in [5.74, 6) is -1.38. The number of rotatable bonds is 3. The van der Waals surface area contributed by atoms with E-state index in [9.17, 15) is 14.3 Å². The van der Waals surface area contributed by atoms with Crippen LogP contribution in [0.15, 0.2) is 42.0 Å². The van der Waals surface area contributed by atoms with Crippen molar-refractivity contribution in [3.8, 4) is 11.8 Å². The van der Waals surface area contributed by atoms with Crippen LogP contribution in [-0.2, 0) is 4.79 Å². The van der Waals surface area contributed by atoms with E-state index in [1.165, 1.54) is 42.5 Å². The molecular weight excluding hydrogens is 342 g/mol. The Morgan fingerprint density at radius 1 is 1.22 bits per heavy atom. The molecule has 2 aromatic carbocycles. The van der Waals surface area contributed by atoms with Gasteiger partial charge in [-0.25, -0.2) is 4.39 Å². The number of nitrogens with one attached hydrogen (secondary N) is 1. The van der Waals surface area contributed by atoms with E-state index < -0.39 is 11.7 Å². The summed E-state index contributed by atoms with van der Waals surface area (Å²) < 4.78 is 12.8. The first-order valence-corrected chi connectivity index (χ1v) is 7.03. The summed E-state index contributed by atoms with van der Waals surface area (Å²) in [4.78, 5) is 12.1. The molecule has 0 fully saturated rings. The maximum Gasteiger partial charge on any atom is 0.266 e. The van der Waals surface area contributed by atoms with Gasteiger partial charge in [0.1, 0.15) is 17.5 Å². The highest BCUT2D eigenvalue weighted by molar-refractivity contribution is 6.37. The van der Waals surface area contributed by atoms with Crippen molar-refractivity contribution in [2.75, 3.05) is 5.32 Å². The Labute approximate surface area is 141 Å². The van der Waals surface area contributed by atoms with Gasteiger partial charge in [0.25, 0.3) is 5.91 Å². The molecule has 0 aliphatic heterocycles. The van der Waals surface area contributed by atoms with E-state index in [1.54, 1.807) is 6.07 Å². The number of carbonyl (C=O) groups is 1. The number of aromatic hydroxyl groups is 1. The molecule has 0 saturated carbocycles. The van der Waals surface area contributed by atoms with E-state index in [1.807, 2.05) is 0 Å². The zero-order valence-corrected chi connectivity index (χ0v) is 13.0. The Balaban J connectivity index is 2.26. The number of nitrogens with zero attached hydrogens (tertiary/aromatic N) is 1. The van der Waals surface area contributed by atoms with E-state index in [-0.39, 0.29) is 21.4 Å². The van der Waals surface area contributed by atoms with Crippen LogP contribution in [0.3, 0.4) is 0 Å². The molecule has 0 spiro atoms. The maximum absolute atomic E-state index is 12.8. The predicted octanol–water partition coefficient (Wildman–Crippen LogP) is 4.38. The summed E-state index contributed by atoms with van der Waals surface area (Å²) in [6, 6.07) is 9.61. The van der Waals surface area contributed by atoms with Crippen molar-refractivity contribution in [3.05, 3.63) is 63.4 Å². The molecule has 4 nitrogen and oxygen atoms in total. The summed E-state index contributed by atoms with van der Waals surface area (Å²) >= 11 is 11.6. The number of amides is 1. The van der Waals surface area contributed by atoms with Crippen LogP contribution in [0.25, 0.3) is 6.08 Å². The van der Waals surface area contributed by atoms with Gasteiger partial charge in [-0.1, -0.05) is 23.2 Å². The second kappa shape index (κ2) is 7.14. The van der Waals surface area contributed by atoms with Crippen LogP contribution < -0.4 is 5.32 Å². The van der Waals surface area contributed by atoms with Crippen molar-refractivity contribution in [2.45, 2.75) is 0 Å². The lowest BCUT2D eigenvalue weighted by molar-refractivity contribution is -0.112. The number of carbonyl (C=O) groups excluding carboxylic acids is 1. The minimum absolute atomic E-state index is 0.0000162. The van der Waals surface area contributed by atoms with Gasteiger partial charge in [-0.15, -0.1) is 0 Å². The van der Waals surface area contributed by atoms with Gasteiger partial charge in [-0.05, 0) is 48.0 Å². The summed E-state index contributed by atoms with van der Waals surface area (Å²) in [6.07, 6.45) is 1.27. The molecule has 2 rings (SSSR count). The van der Waals surface area contributed by atoms with E-state index in [2.05, 4.69) is 5.32 Å². The number of nitriles is 1. The maximum atomic E-state index is 12.8. The summed E-state index contributed by atoms with van der Waals surface area (Å²) in [6.45, 7) is 0. The normalized spacial score (nSPS) is 11.0. The average Bonchev–Trinajstić information content (AvgIpc) is 2.52. The van der Waals surface area contributed by atoms with E-state index in [0.29, 0.717) is 11.3 Å². The first-order valence-electron chi connectivity index (χ1n) is 6.27. The lowest BCUT2D eigenvalue weighted by atomic mass is 10.1. The summed E-state index contributed by atoms with van der Waals surface area (Å²) in [5, 5.41) is 21.1. The topological polar surface area (TPSA) is 73.1 Å². The second-order valence-corrected chi connectivity index (χ2v) is 5.28. The fourth-order valence-corrected chi connectivity index (χ4v) is 2.22. The third-order valence-corrected chi connectivity index (χ3v) is 3.39. The fourth-order valence-electron chi connectivity index (χ4n) is 1.72. The molecule has 0 atom stereocenters. The monoisotopic (exact) mass is 350 g/mol. The van der Waals surface area contributed by atoms with Crippen LogP contribution >= 0.6 is 23.2 Å². The van der Waals surface area contributed by atoms with Gasteiger partial charge in [-0.3, -0.25) is 4.79 Å². The number of anilines is 1. The van der Waals surface area contributed by atoms with Gasteiger partial charge in [0, 0.05) is 5.69 Å². The van der Waals surface area contributed by atoms with Crippen molar-refractivity contribution in [3.63, 3.8) is 0 Å². The molecule has 0 saturated heterocycles. The van der Waals surface area contributed by atoms with Crippen LogP contribution in [-0.4, -0.2) is 11.0 Å². The summed E-state index contributed by atoms with van der Waals surface area (Å²) in [7, 11) is 0. The minimum atomic E-state index is -0.667.